The lowest BCUT2D eigenvalue weighted by atomic mass is 9.83. The lowest BCUT2D eigenvalue weighted by Gasteiger charge is -2.30. The SMILES string of the molecule is C=C(CC(C#N)(Nc1ccc(OC)cc1)c1ccc2ccccc2c1)C(=O)OC. The van der Waals surface area contributed by atoms with Crippen LogP contribution >= 0.6 is 0 Å². The van der Waals surface area contributed by atoms with E-state index in [1.165, 1.54) is 7.11 Å². The van der Waals surface area contributed by atoms with Crippen LogP contribution < -0.4 is 10.1 Å². The predicted octanol–water partition coefficient (Wildman–Crippen LogP) is 4.80. The summed E-state index contributed by atoms with van der Waals surface area (Å²) >= 11 is 0. The zero-order valence-electron chi connectivity index (χ0n) is 16.4. The van der Waals surface area contributed by atoms with E-state index in [1.54, 1.807) is 19.2 Å². The van der Waals surface area contributed by atoms with E-state index in [1.807, 2.05) is 54.6 Å². The predicted molar refractivity (Wildman–Crippen MR) is 114 cm³/mol. The van der Waals surface area contributed by atoms with Gasteiger partial charge >= 0.3 is 5.97 Å². The minimum absolute atomic E-state index is 0.0700. The summed E-state index contributed by atoms with van der Waals surface area (Å²) in [6.07, 6.45) is 0.0700. The molecule has 3 rings (SSSR count). The van der Waals surface area contributed by atoms with Crippen LogP contribution in [-0.4, -0.2) is 20.2 Å². The Bertz CT molecular complexity index is 1080. The first kappa shape index (κ1) is 20.0. The maximum Gasteiger partial charge on any atom is 0.333 e. The van der Waals surface area contributed by atoms with Crippen molar-refractivity contribution in [3.05, 3.63) is 84.4 Å². The van der Waals surface area contributed by atoms with Gasteiger partial charge in [-0.2, -0.15) is 5.26 Å². The summed E-state index contributed by atoms with van der Waals surface area (Å²) in [5.41, 5.74) is 0.463. The molecule has 0 aliphatic carbocycles. The third-order valence-electron chi connectivity index (χ3n) is 4.83. The molecule has 0 aliphatic heterocycles. The monoisotopic (exact) mass is 386 g/mol. The van der Waals surface area contributed by atoms with Crippen LogP contribution in [0.4, 0.5) is 5.69 Å². The standard InChI is InChI=1S/C24H22N2O3/c1-17(23(27)29-3)15-24(16-25,26-21-10-12-22(28-2)13-11-21)20-9-8-18-6-4-5-7-19(18)14-20/h4-14,26H,1,15H2,2-3H3. The van der Waals surface area contributed by atoms with Gasteiger partial charge in [-0.1, -0.05) is 43.0 Å². The quantitative estimate of drug-likeness (QED) is 0.467. The Morgan fingerprint density at radius 1 is 1.07 bits per heavy atom. The summed E-state index contributed by atoms with van der Waals surface area (Å²) in [7, 11) is 2.89. The van der Waals surface area contributed by atoms with Crippen LogP contribution in [0, 0.1) is 11.3 Å². The maximum atomic E-state index is 12.0. The molecule has 146 valence electrons. The highest BCUT2D eigenvalue weighted by Gasteiger charge is 2.35. The largest absolute Gasteiger partial charge is 0.497 e. The number of rotatable bonds is 7. The number of nitrogens with zero attached hydrogens (tertiary/aromatic N) is 1. The zero-order valence-corrected chi connectivity index (χ0v) is 16.4. The normalized spacial score (nSPS) is 12.4. The number of hydrogen-bond donors (Lipinski definition) is 1. The van der Waals surface area contributed by atoms with Gasteiger partial charge in [0.1, 0.15) is 5.75 Å². The van der Waals surface area contributed by atoms with E-state index in [0.29, 0.717) is 5.75 Å². The summed E-state index contributed by atoms with van der Waals surface area (Å²) in [5, 5.41) is 15.6. The Kier molecular flexibility index (Phi) is 5.85. The second-order valence-corrected chi connectivity index (χ2v) is 6.70. The fourth-order valence-electron chi connectivity index (χ4n) is 3.26. The molecule has 0 aromatic heterocycles. The third-order valence-corrected chi connectivity index (χ3v) is 4.83. The number of ether oxygens (including phenoxy) is 2. The van der Waals surface area contributed by atoms with Crippen molar-refractivity contribution in [2.24, 2.45) is 0 Å². The Labute approximate surface area is 170 Å². The van der Waals surface area contributed by atoms with Crippen LogP contribution in [0.3, 0.4) is 0 Å². The molecular weight excluding hydrogens is 364 g/mol. The van der Waals surface area contributed by atoms with Gasteiger partial charge in [0.25, 0.3) is 0 Å². The number of benzene rings is 3. The molecule has 0 amide bonds. The molecule has 3 aromatic carbocycles. The number of anilines is 1. The van der Waals surface area contributed by atoms with Gasteiger partial charge in [0.05, 0.1) is 20.3 Å². The first-order valence-corrected chi connectivity index (χ1v) is 9.10. The van der Waals surface area contributed by atoms with Crippen molar-refractivity contribution in [2.75, 3.05) is 19.5 Å². The van der Waals surface area contributed by atoms with Crippen molar-refractivity contribution in [3.63, 3.8) is 0 Å². The minimum atomic E-state index is -1.20. The van der Waals surface area contributed by atoms with E-state index in [4.69, 9.17) is 9.47 Å². The number of nitrogens with one attached hydrogen (secondary N) is 1. The van der Waals surface area contributed by atoms with E-state index in [0.717, 1.165) is 22.0 Å². The van der Waals surface area contributed by atoms with Crippen LogP contribution in [0.1, 0.15) is 12.0 Å². The van der Waals surface area contributed by atoms with E-state index >= 15 is 0 Å². The van der Waals surface area contributed by atoms with Gasteiger partial charge in [0.2, 0.25) is 0 Å². The molecule has 1 atom stereocenters. The van der Waals surface area contributed by atoms with E-state index in [-0.39, 0.29) is 12.0 Å². The molecule has 3 aromatic rings. The second kappa shape index (κ2) is 8.49. The van der Waals surface area contributed by atoms with Gasteiger partial charge in [-0.3, -0.25) is 0 Å². The number of esters is 1. The smallest absolute Gasteiger partial charge is 0.333 e. The van der Waals surface area contributed by atoms with Crippen LogP contribution in [0.15, 0.2) is 78.9 Å². The van der Waals surface area contributed by atoms with Gasteiger partial charge in [-0.25, -0.2) is 4.79 Å². The molecule has 0 radical (unpaired) electrons. The number of carbonyl (C=O) groups excluding carboxylic acids is 1. The molecule has 0 heterocycles. The van der Waals surface area contributed by atoms with Crippen molar-refractivity contribution in [1.29, 1.82) is 5.26 Å². The van der Waals surface area contributed by atoms with Crippen molar-refractivity contribution in [1.82, 2.24) is 0 Å². The number of nitriles is 1. The molecule has 0 spiro atoms. The Morgan fingerprint density at radius 3 is 2.38 bits per heavy atom. The topological polar surface area (TPSA) is 71.3 Å². The van der Waals surface area contributed by atoms with Crippen molar-refractivity contribution in [2.45, 2.75) is 12.0 Å². The van der Waals surface area contributed by atoms with Gasteiger partial charge in [0, 0.05) is 17.7 Å². The molecule has 1 N–H and O–H groups in total. The first-order valence-electron chi connectivity index (χ1n) is 9.10. The summed E-state index contributed by atoms with van der Waals surface area (Å²) in [4.78, 5) is 12.0. The number of fused-ring (bicyclic) bond motifs is 1. The van der Waals surface area contributed by atoms with E-state index in [2.05, 4.69) is 18.0 Å². The third kappa shape index (κ3) is 4.22. The number of hydrogen-bond acceptors (Lipinski definition) is 5. The Morgan fingerprint density at radius 2 is 1.76 bits per heavy atom. The molecule has 0 saturated heterocycles. The Balaban J connectivity index is 2.08. The summed E-state index contributed by atoms with van der Waals surface area (Å²) in [6.45, 7) is 3.83. The van der Waals surface area contributed by atoms with Crippen molar-refractivity contribution in [3.8, 4) is 11.8 Å². The fourth-order valence-corrected chi connectivity index (χ4v) is 3.26. The number of carbonyl (C=O) groups is 1. The highest BCUT2D eigenvalue weighted by molar-refractivity contribution is 5.88. The molecule has 0 aliphatic rings. The van der Waals surface area contributed by atoms with Crippen LogP contribution in [0.25, 0.3) is 10.8 Å². The fraction of sp³-hybridized carbons (Fsp3) is 0.167. The average molecular weight is 386 g/mol. The van der Waals surface area contributed by atoms with Crippen molar-refractivity contribution < 1.29 is 14.3 Å². The highest BCUT2D eigenvalue weighted by Crippen LogP contribution is 2.34. The number of methoxy groups -OCH3 is 2. The first-order chi connectivity index (χ1) is 14.0. The average Bonchev–Trinajstić information content (AvgIpc) is 2.78. The van der Waals surface area contributed by atoms with Crippen LogP contribution in [0.2, 0.25) is 0 Å². The lowest BCUT2D eigenvalue weighted by molar-refractivity contribution is -0.136. The Hall–Kier alpha value is -3.78. The van der Waals surface area contributed by atoms with Crippen LogP contribution in [0.5, 0.6) is 5.75 Å². The molecule has 1 unspecified atom stereocenters. The summed E-state index contributed by atoms with van der Waals surface area (Å²) < 4.78 is 10.00. The summed E-state index contributed by atoms with van der Waals surface area (Å²) in [5.74, 6) is 0.171. The molecule has 0 bridgehead atoms. The molecule has 0 saturated carbocycles. The zero-order chi connectivity index (χ0) is 20.9. The van der Waals surface area contributed by atoms with Crippen molar-refractivity contribution >= 4 is 22.4 Å². The molecule has 5 heteroatoms. The van der Waals surface area contributed by atoms with Gasteiger partial charge in [0.15, 0.2) is 5.54 Å². The molecule has 29 heavy (non-hydrogen) atoms. The van der Waals surface area contributed by atoms with Gasteiger partial charge in [-0.05, 0) is 46.7 Å². The van der Waals surface area contributed by atoms with E-state index in [9.17, 15) is 10.1 Å². The lowest BCUT2D eigenvalue weighted by Crippen LogP contribution is -2.35. The molecule has 5 nitrogen and oxygen atoms in total. The highest BCUT2D eigenvalue weighted by atomic mass is 16.5. The van der Waals surface area contributed by atoms with Gasteiger partial charge in [-0.15, -0.1) is 0 Å². The minimum Gasteiger partial charge on any atom is -0.497 e. The summed E-state index contributed by atoms with van der Waals surface area (Å²) in [6, 6.07) is 23.4. The maximum absolute atomic E-state index is 12.0. The van der Waals surface area contributed by atoms with Gasteiger partial charge < -0.3 is 14.8 Å². The van der Waals surface area contributed by atoms with E-state index < -0.39 is 11.5 Å². The second-order valence-electron chi connectivity index (χ2n) is 6.70. The molecule has 0 fully saturated rings. The molecular formula is C24H22N2O3. The van der Waals surface area contributed by atoms with Crippen LogP contribution in [-0.2, 0) is 15.1 Å².